The molecule has 8 nitrogen and oxygen atoms in total. The fourth-order valence-corrected chi connectivity index (χ4v) is 5.43. The van der Waals surface area contributed by atoms with Crippen LogP contribution in [-0.4, -0.2) is 60.2 Å². The largest absolute Gasteiger partial charge is 0.492 e. The summed E-state index contributed by atoms with van der Waals surface area (Å²) in [6, 6.07) is 24.2. The molecule has 37 heavy (non-hydrogen) atoms. The van der Waals surface area contributed by atoms with Gasteiger partial charge in [-0.3, -0.25) is 14.0 Å². The van der Waals surface area contributed by atoms with E-state index >= 15 is 0 Å². The van der Waals surface area contributed by atoms with Crippen LogP contribution in [-0.2, 0) is 9.84 Å². The lowest BCUT2D eigenvalue weighted by molar-refractivity contribution is 0.238. The maximum absolute atomic E-state index is 13.1. The van der Waals surface area contributed by atoms with E-state index in [0.717, 1.165) is 23.7 Å². The van der Waals surface area contributed by atoms with E-state index in [-0.39, 0.29) is 10.9 Å². The SMILES string of the molecule is CS(=O)(=O)C1CCN(CCOc2ccc(-n3ccn(-c4ccc(Oc5ccccc5)cc4)c3=O)cc2)C1. The molecule has 4 aromatic rings. The topological polar surface area (TPSA) is 82.8 Å². The highest BCUT2D eigenvalue weighted by Gasteiger charge is 2.29. The number of benzene rings is 3. The molecule has 0 radical (unpaired) electrons. The molecule has 0 saturated carbocycles. The third kappa shape index (κ3) is 5.95. The van der Waals surface area contributed by atoms with Crippen LogP contribution in [0.15, 0.2) is 96.1 Å². The molecule has 192 valence electrons. The minimum atomic E-state index is -2.99. The van der Waals surface area contributed by atoms with E-state index in [0.29, 0.717) is 37.6 Å². The maximum Gasteiger partial charge on any atom is 0.337 e. The Morgan fingerprint density at radius 3 is 1.95 bits per heavy atom. The Labute approximate surface area is 216 Å². The lowest BCUT2D eigenvalue weighted by atomic mass is 10.3. The van der Waals surface area contributed by atoms with Crippen LogP contribution >= 0.6 is 0 Å². The number of likely N-dealkylation sites (tertiary alicyclic amines) is 1. The Bertz CT molecular complexity index is 1490. The third-order valence-electron chi connectivity index (χ3n) is 6.50. The minimum absolute atomic E-state index is 0.181. The van der Waals surface area contributed by atoms with Crippen LogP contribution in [0.25, 0.3) is 11.4 Å². The second-order valence-electron chi connectivity index (χ2n) is 9.11. The van der Waals surface area contributed by atoms with Crippen molar-refractivity contribution < 1.29 is 17.9 Å². The van der Waals surface area contributed by atoms with E-state index in [1.807, 2.05) is 78.9 Å². The van der Waals surface area contributed by atoms with Gasteiger partial charge in [-0.15, -0.1) is 0 Å². The number of ether oxygens (including phenoxy) is 2. The Hall–Kier alpha value is -3.82. The number of rotatable bonds is 9. The number of nitrogens with zero attached hydrogens (tertiary/aromatic N) is 3. The Morgan fingerprint density at radius 1 is 0.811 bits per heavy atom. The number of sulfone groups is 1. The van der Waals surface area contributed by atoms with Gasteiger partial charge in [0.1, 0.15) is 23.9 Å². The molecule has 1 aliphatic rings. The molecule has 0 N–H and O–H groups in total. The van der Waals surface area contributed by atoms with Crippen molar-refractivity contribution in [2.75, 3.05) is 32.5 Å². The first kappa shape index (κ1) is 24.9. The smallest absolute Gasteiger partial charge is 0.337 e. The van der Waals surface area contributed by atoms with E-state index in [1.54, 1.807) is 21.5 Å². The van der Waals surface area contributed by atoms with Crippen LogP contribution in [0.5, 0.6) is 17.2 Å². The number of hydrogen-bond acceptors (Lipinski definition) is 6. The van der Waals surface area contributed by atoms with E-state index in [1.165, 1.54) is 6.26 Å². The molecule has 5 rings (SSSR count). The Morgan fingerprint density at radius 2 is 1.38 bits per heavy atom. The summed E-state index contributed by atoms with van der Waals surface area (Å²) in [5, 5.41) is -0.280. The van der Waals surface area contributed by atoms with Crippen molar-refractivity contribution in [2.45, 2.75) is 11.7 Å². The van der Waals surface area contributed by atoms with E-state index < -0.39 is 9.84 Å². The lowest BCUT2D eigenvalue weighted by Crippen LogP contribution is -2.29. The molecule has 0 amide bonds. The highest BCUT2D eigenvalue weighted by molar-refractivity contribution is 7.91. The zero-order valence-corrected chi connectivity index (χ0v) is 21.4. The van der Waals surface area contributed by atoms with Crippen LogP contribution in [0, 0.1) is 0 Å². The van der Waals surface area contributed by atoms with Gasteiger partial charge in [-0.25, -0.2) is 13.2 Å². The molecule has 0 spiro atoms. The van der Waals surface area contributed by atoms with Crippen LogP contribution in [0.4, 0.5) is 0 Å². The summed E-state index contributed by atoms with van der Waals surface area (Å²) in [4.78, 5) is 15.2. The molecule has 3 aromatic carbocycles. The predicted molar refractivity (Wildman–Crippen MR) is 143 cm³/mol. The quantitative estimate of drug-likeness (QED) is 0.333. The zero-order chi connectivity index (χ0) is 25.8. The summed E-state index contributed by atoms with van der Waals surface area (Å²) >= 11 is 0. The van der Waals surface area contributed by atoms with E-state index in [9.17, 15) is 13.2 Å². The van der Waals surface area contributed by atoms with Crippen LogP contribution < -0.4 is 15.2 Å². The monoisotopic (exact) mass is 519 g/mol. The fraction of sp³-hybridized carbons (Fsp3) is 0.250. The van der Waals surface area contributed by atoms with Crippen molar-refractivity contribution in [2.24, 2.45) is 0 Å². The van der Waals surface area contributed by atoms with Gasteiger partial charge in [-0.05, 0) is 73.6 Å². The second kappa shape index (κ2) is 10.7. The Kier molecular flexibility index (Phi) is 7.16. The summed E-state index contributed by atoms with van der Waals surface area (Å²) in [5.41, 5.74) is 1.29. The van der Waals surface area contributed by atoms with Gasteiger partial charge < -0.3 is 9.47 Å². The summed E-state index contributed by atoms with van der Waals surface area (Å²) < 4.78 is 38.3. The van der Waals surface area contributed by atoms with Gasteiger partial charge in [0.25, 0.3) is 0 Å². The standard InChI is InChI=1S/C28H29N3O5S/c1-37(33,34)27-15-16-29(21-27)19-20-35-24-11-7-22(8-12-24)30-17-18-31(28(30)32)23-9-13-26(14-10-23)36-25-5-3-2-4-6-25/h2-14,17-18,27H,15-16,19-21H2,1H3. The summed E-state index contributed by atoms with van der Waals surface area (Å²) in [5.74, 6) is 2.14. The molecule has 1 saturated heterocycles. The van der Waals surface area contributed by atoms with Gasteiger partial charge >= 0.3 is 5.69 Å². The van der Waals surface area contributed by atoms with Gasteiger partial charge in [0.2, 0.25) is 0 Å². The highest BCUT2D eigenvalue weighted by Crippen LogP contribution is 2.22. The second-order valence-corrected chi connectivity index (χ2v) is 11.4. The predicted octanol–water partition coefficient (Wildman–Crippen LogP) is 3.92. The fourth-order valence-electron chi connectivity index (χ4n) is 4.41. The average molecular weight is 520 g/mol. The molecule has 1 unspecified atom stereocenters. The molecule has 1 aromatic heterocycles. The summed E-state index contributed by atoms with van der Waals surface area (Å²) in [6.07, 6.45) is 5.45. The van der Waals surface area contributed by atoms with Gasteiger partial charge in [0.15, 0.2) is 9.84 Å². The number of hydrogen-bond donors (Lipinski definition) is 0. The van der Waals surface area contributed by atoms with E-state index in [2.05, 4.69) is 4.90 Å². The first-order chi connectivity index (χ1) is 17.9. The number of aromatic nitrogens is 2. The normalized spacial score (nSPS) is 16.1. The first-order valence-corrected chi connectivity index (χ1v) is 14.1. The molecular formula is C28H29N3O5S. The van der Waals surface area contributed by atoms with Crippen LogP contribution in [0.2, 0.25) is 0 Å². The van der Waals surface area contributed by atoms with Crippen molar-refractivity contribution >= 4 is 9.84 Å². The van der Waals surface area contributed by atoms with Gasteiger partial charge in [-0.2, -0.15) is 0 Å². The van der Waals surface area contributed by atoms with Crippen LogP contribution in [0.3, 0.4) is 0 Å². The van der Waals surface area contributed by atoms with Gasteiger partial charge in [0, 0.05) is 31.7 Å². The molecular weight excluding hydrogens is 490 g/mol. The molecule has 0 bridgehead atoms. The zero-order valence-electron chi connectivity index (χ0n) is 20.6. The van der Waals surface area contributed by atoms with E-state index in [4.69, 9.17) is 9.47 Å². The molecule has 2 heterocycles. The van der Waals surface area contributed by atoms with Gasteiger partial charge in [-0.1, -0.05) is 18.2 Å². The first-order valence-electron chi connectivity index (χ1n) is 12.1. The summed E-state index contributed by atoms with van der Waals surface area (Å²) in [7, 11) is -2.99. The highest BCUT2D eigenvalue weighted by atomic mass is 32.2. The van der Waals surface area contributed by atoms with Crippen molar-refractivity contribution in [3.8, 4) is 28.6 Å². The van der Waals surface area contributed by atoms with Crippen molar-refractivity contribution in [1.82, 2.24) is 14.0 Å². The van der Waals surface area contributed by atoms with Crippen molar-refractivity contribution in [3.63, 3.8) is 0 Å². The Balaban J connectivity index is 1.18. The number of para-hydroxylation sites is 1. The molecule has 1 atom stereocenters. The molecule has 0 aliphatic carbocycles. The van der Waals surface area contributed by atoms with Gasteiger partial charge in [0.05, 0.1) is 16.6 Å². The number of imidazole rings is 1. The summed E-state index contributed by atoms with van der Waals surface area (Å²) in [6.45, 7) is 2.47. The lowest BCUT2D eigenvalue weighted by Gasteiger charge is -2.16. The molecule has 1 aliphatic heterocycles. The molecule has 9 heteroatoms. The van der Waals surface area contributed by atoms with Crippen molar-refractivity contribution in [3.05, 3.63) is 102 Å². The van der Waals surface area contributed by atoms with Crippen LogP contribution in [0.1, 0.15) is 6.42 Å². The van der Waals surface area contributed by atoms with Crippen molar-refractivity contribution in [1.29, 1.82) is 0 Å². The third-order valence-corrected chi connectivity index (χ3v) is 8.09. The average Bonchev–Trinajstić information content (AvgIpc) is 3.53. The molecule has 1 fully saturated rings. The maximum atomic E-state index is 13.1. The minimum Gasteiger partial charge on any atom is -0.492 e.